The Hall–Kier alpha value is -1.75. The van der Waals surface area contributed by atoms with Crippen molar-refractivity contribution in [3.63, 3.8) is 0 Å². The molecule has 1 fully saturated rings. The number of nitrogens with two attached hydrogens (primary N) is 1. The monoisotopic (exact) mass is 234 g/mol. The van der Waals surface area contributed by atoms with Crippen molar-refractivity contribution in [2.45, 2.75) is 12.8 Å². The lowest BCUT2D eigenvalue weighted by Gasteiger charge is -2.17. The van der Waals surface area contributed by atoms with Gasteiger partial charge in [0.15, 0.2) is 0 Å². The molecule has 16 heavy (non-hydrogen) atoms. The fraction of sp³-hybridized carbons (Fsp3) is 0.182. The largest absolute Gasteiger partial charge is 0.389 e. The highest BCUT2D eigenvalue weighted by Crippen LogP contribution is 2.26. The van der Waals surface area contributed by atoms with Crippen LogP contribution in [0.3, 0.4) is 0 Å². The van der Waals surface area contributed by atoms with Gasteiger partial charge in [0.2, 0.25) is 11.8 Å². The quantitative estimate of drug-likeness (QED) is 0.612. The Balaban J connectivity index is 2.51. The van der Waals surface area contributed by atoms with Crippen molar-refractivity contribution in [3.8, 4) is 0 Å². The molecule has 0 radical (unpaired) electrons. The summed E-state index contributed by atoms with van der Waals surface area (Å²) in [6.45, 7) is 0. The molecule has 2 amide bonds. The highest BCUT2D eigenvalue weighted by Gasteiger charge is 2.31. The second-order valence-electron chi connectivity index (χ2n) is 3.50. The van der Waals surface area contributed by atoms with Crippen LogP contribution in [0.1, 0.15) is 18.4 Å². The summed E-state index contributed by atoms with van der Waals surface area (Å²) in [5.41, 5.74) is 6.60. The molecule has 2 rings (SSSR count). The van der Waals surface area contributed by atoms with Crippen molar-refractivity contribution < 1.29 is 9.59 Å². The van der Waals surface area contributed by atoms with E-state index in [1.165, 1.54) is 0 Å². The number of nitrogens with zero attached hydrogens (tertiary/aromatic N) is 1. The van der Waals surface area contributed by atoms with Gasteiger partial charge in [0.25, 0.3) is 0 Å². The normalized spacial score (nSPS) is 15.6. The molecule has 1 aliphatic heterocycles. The number of benzene rings is 1. The van der Waals surface area contributed by atoms with E-state index in [4.69, 9.17) is 18.0 Å². The number of anilines is 1. The predicted octanol–water partition coefficient (Wildman–Crippen LogP) is 0.974. The van der Waals surface area contributed by atoms with Gasteiger partial charge in [0.05, 0.1) is 5.69 Å². The molecule has 0 saturated carbocycles. The van der Waals surface area contributed by atoms with Gasteiger partial charge in [-0.25, -0.2) is 4.90 Å². The maximum absolute atomic E-state index is 11.6. The summed E-state index contributed by atoms with van der Waals surface area (Å²) in [7, 11) is 0. The lowest BCUT2D eigenvalue weighted by atomic mass is 10.1. The molecule has 0 spiro atoms. The van der Waals surface area contributed by atoms with E-state index in [1.807, 2.05) is 0 Å². The van der Waals surface area contributed by atoms with Gasteiger partial charge in [-0.1, -0.05) is 24.4 Å². The average molecular weight is 234 g/mol. The van der Waals surface area contributed by atoms with Gasteiger partial charge in [0.1, 0.15) is 4.99 Å². The lowest BCUT2D eigenvalue weighted by Crippen LogP contribution is -2.30. The minimum atomic E-state index is -0.200. The molecule has 2 N–H and O–H groups in total. The molecule has 0 aromatic heterocycles. The van der Waals surface area contributed by atoms with Crippen molar-refractivity contribution in [1.29, 1.82) is 0 Å². The Kier molecular flexibility index (Phi) is 2.70. The van der Waals surface area contributed by atoms with E-state index < -0.39 is 0 Å². The zero-order chi connectivity index (χ0) is 11.7. The van der Waals surface area contributed by atoms with Crippen molar-refractivity contribution in [2.75, 3.05) is 4.90 Å². The summed E-state index contributed by atoms with van der Waals surface area (Å²) in [6, 6.07) is 6.89. The summed E-state index contributed by atoms with van der Waals surface area (Å²) < 4.78 is 0. The minimum absolute atomic E-state index is 0.183. The molecule has 1 aromatic rings. The van der Waals surface area contributed by atoms with Crippen LogP contribution in [0.15, 0.2) is 24.3 Å². The van der Waals surface area contributed by atoms with Crippen molar-refractivity contribution in [1.82, 2.24) is 0 Å². The fourth-order valence-electron chi connectivity index (χ4n) is 1.72. The van der Waals surface area contributed by atoms with Crippen molar-refractivity contribution >= 4 is 34.7 Å². The Bertz CT molecular complexity index is 469. The highest BCUT2D eigenvalue weighted by atomic mass is 32.1. The number of rotatable bonds is 2. The van der Waals surface area contributed by atoms with Crippen LogP contribution >= 0.6 is 12.2 Å². The average Bonchev–Trinajstić information content (AvgIpc) is 2.58. The first-order valence-corrected chi connectivity index (χ1v) is 5.26. The van der Waals surface area contributed by atoms with E-state index >= 15 is 0 Å². The third-order valence-electron chi connectivity index (χ3n) is 2.46. The first-order chi connectivity index (χ1) is 7.61. The number of carbonyl (C=O) groups excluding carboxylic acids is 2. The summed E-state index contributed by atoms with van der Waals surface area (Å²) in [5.74, 6) is -0.401. The molecule has 4 nitrogen and oxygen atoms in total. The summed E-state index contributed by atoms with van der Waals surface area (Å²) in [5, 5.41) is 0. The van der Waals surface area contributed by atoms with Crippen LogP contribution in [-0.2, 0) is 9.59 Å². The molecule has 0 atom stereocenters. The van der Waals surface area contributed by atoms with E-state index in [2.05, 4.69) is 0 Å². The molecule has 0 unspecified atom stereocenters. The zero-order valence-corrected chi connectivity index (χ0v) is 9.29. The van der Waals surface area contributed by atoms with Crippen LogP contribution in [0.5, 0.6) is 0 Å². The molecular formula is C11H10N2O2S. The topological polar surface area (TPSA) is 63.4 Å². The SMILES string of the molecule is NC(=S)c1ccccc1N1C(=O)CCC1=O. The van der Waals surface area contributed by atoms with Gasteiger partial charge in [-0.15, -0.1) is 0 Å². The number of carbonyl (C=O) groups is 2. The van der Waals surface area contributed by atoms with Crippen molar-refractivity contribution in [2.24, 2.45) is 5.73 Å². The van der Waals surface area contributed by atoms with Crippen LogP contribution in [0.2, 0.25) is 0 Å². The Morgan fingerprint density at radius 3 is 2.31 bits per heavy atom. The number of hydrogen-bond acceptors (Lipinski definition) is 3. The third kappa shape index (κ3) is 1.69. The first-order valence-electron chi connectivity index (χ1n) is 4.86. The molecule has 0 aliphatic carbocycles. The maximum Gasteiger partial charge on any atom is 0.234 e. The zero-order valence-electron chi connectivity index (χ0n) is 8.47. The van der Waals surface area contributed by atoms with Crippen LogP contribution in [0, 0.1) is 0 Å². The highest BCUT2D eigenvalue weighted by molar-refractivity contribution is 7.80. The standard InChI is InChI=1S/C11H10N2O2S/c12-11(16)7-3-1-2-4-8(7)13-9(14)5-6-10(13)15/h1-4H,5-6H2,(H2,12,16). The van der Waals surface area contributed by atoms with Crippen molar-refractivity contribution in [3.05, 3.63) is 29.8 Å². The van der Waals surface area contributed by atoms with Gasteiger partial charge < -0.3 is 5.73 Å². The number of thiocarbonyl (C=S) groups is 1. The van der Waals surface area contributed by atoms with E-state index in [1.54, 1.807) is 24.3 Å². The minimum Gasteiger partial charge on any atom is -0.389 e. The van der Waals surface area contributed by atoms with Crippen LogP contribution in [-0.4, -0.2) is 16.8 Å². The fourth-order valence-corrected chi connectivity index (χ4v) is 1.89. The molecule has 1 aliphatic rings. The second kappa shape index (κ2) is 4.02. The summed E-state index contributed by atoms with van der Waals surface area (Å²) >= 11 is 4.89. The Morgan fingerprint density at radius 1 is 1.19 bits per heavy atom. The van der Waals surface area contributed by atoms with Gasteiger partial charge >= 0.3 is 0 Å². The van der Waals surface area contributed by atoms with Crippen LogP contribution < -0.4 is 10.6 Å². The smallest absolute Gasteiger partial charge is 0.234 e. The summed E-state index contributed by atoms with van der Waals surface area (Å²) in [4.78, 5) is 24.5. The number of amides is 2. The Morgan fingerprint density at radius 2 is 1.75 bits per heavy atom. The molecule has 0 bridgehead atoms. The van der Waals surface area contributed by atoms with Crippen LogP contribution in [0.4, 0.5) is 5.69 Å². The molecule has 1 heterocycles. The van der Waals surface area contributed by atoms with Gasteiger partial charge in [0, 0.05) is 18.4 Å². The van der Waals surface area contributed by atoms with E-state index in [9.17, 15) is 9.59 Å². The van der Waals surface area contributed by atoms with Crippen LogP contribution in [0.25, 0.3) is 0 Å². The number of imide groups is 1. The third-order valence-corrected chi connectivity index (χ3v) is 2.68. The summed E-state index contributed by atoms with van der Waals surface area (Å²) in [6.07, 6.45) is 0.509. The number of hydrogen-bond donors (Lipinski definition) is 1. The molecule has 1 aromatic carbocycles. The molecular weight excluding hydrogens is 224 g/mol. The van der Waals surface area contributed by atoms with Gasteiger partial charge in [-0.3, -0.25) is 9.59 Å². The Labute approximate surface area is 98.0 Å². The molecule has 1 saturated heterocycles. The first kappa shape index (κ1) is 10.8. The van der Waals surface area contributed by atoms with Gasteiger partial charge in [-0.2, -0.15) is 0 Å². The molecule has 5 heteroatoms. The maximum atomic E-state index is 11.6. The lowest BCUT2D eigenvalue weighted by molar-refractivity contribution is -0.121. The van der Waals surface area contributed by atoms with E-state index in [0.717, 1.165) is 4.90 Å². The predicted molar refractivity (Wildman–Crippen MR) is 64.1 cm³/mol. The van der Waals surface area contributed by atoms with E-state index in [0.29, 0.717) is 11.3 Å². The second-order valence-corrected chi connectivity index (χ2v) is 3.94. The van der Waals surface area contributed by atoms with Gasteiger partial charge in [-0.05, 0) is 12.1 Å². The number of para-hydroxylation sites is 1. The molecule has 82 valence electrons. The van der Waals surface area contributed by atoms with E-state index in [-0.39, 0.29) is 29.6 Å².